The van der Waals surface area contributed by atoms with Gasteiger partial charge in [-0.2, -0.15) is 5.10 Å². The summed E-state index contributed by atoms with van der Waals surface area (Å²) < 4.78 is 9.31. The minimum Gasteiger partial charge on any atom is -0.327 e. The highest BCUT2D eigenvalue weighted by atomic mass is 15.3. The normalized spacial score (nSPS) is 12.2. The summed E-state index contributed by atoms with van der Waals surface area (Å²) >= 11 is 0. The number of nitrogens with zero attached hydrogens (tertiary/aromatic N) is 11. The van der Waals surface area contributed by atoms with E-state index in [1.165, 1.54) is 0 Å². The van der Waals surface area contributed by atoms with Crippen LogP contribution >= 0.6 is 0 Å². The van der Waals surface area contributed by atoms with Gasteiger partial charge in [0.05, 0.1) is 76.0 Å². The van der Waals surface area contributed by atoms with E-state index in [4.69, 9.17) is 25.0 Å². The predicted octanol–water partition coefficient (Wildman–Crippen LogP) is 8.29. The highest BCUT2D eigenvalue weighted by molar-refractivity contribution is 5.78. The molecule has 0 radical (unpaired) electrons. The van der Waals surface area contributed by atoms with Gasteiger partial charge in [0.2, 0.25) is 0 Å². The van der Waals surface area contributed by atoms with E-state index in [1.54, 1.807) is 0 Å². The van der Waals surface area contributed by atoms with Gasteiger partial charge < -0.3 is 18.3 Å². The van der Waals surface area contributed by atoms with E-state index in [0.29, 0.717) is 39.3 Å². The van der Waals surface area contributed by atoms with Crippen molar-refractivity contribution in [1.82, 2.24) is 58.2 Å². The standard InChI is InChI=1S/C45H50N12/c1-5-54-38-21-13-9-17-34(38)46-42(54)28-52(29-43-47-35-18-10-14-22-39(35)55(43)6-2)26-32-25-33(51-50-32)27-53(30-44-48-36-19-11-15-23-40(36)56(44)7-3)31-45-49-37-20-12-16-24-41(37)57(45)8-4/h9-25H,5-8,26-31H2,1-4H3,(H,50,51). The molecule has 0 saturated heterocycles. The Labute approximate surface area is 332 Å². The summed E-state index contributed by atoms with van der Waals surface area (Å²) in [7, 11) is 0. The molecule has 12 heteroatoms. The average Bonchev–Trinajstić information content (AvgIpc) is 4.05. The van der Waals surface area contributed by atoms with Crippen LogP contribution in [0.5, 0.6) is 0 Å². The van der Waals surface area contributed by atoms with Crippen LogP contribution in [0.4, 0.5) is 0 Å². The SMILES string of the molecule is CCn1c(CN(Cc2cc(CN(Cc3nc4ccccc4n3CC)Cc3nc4ccccc4n3CC)[nH]n2)Cc2nc3ccccc3n2CC)nc2ccccc21. The second-order valence-electron chi connectivity index (χ2n) is 14.7. The maximum Gasteiger partial charge on any atom is 0.124 e. The number of fused-ring (bicyclic) bond motifs is 4. The van der Waals surface area contributed by atoms with Crippen LogP contribution in [0.15, 0.2) is 103 Å². The predicted molar refractivity (Wildman–Crippen MR) is 226 cm³/mol. The van der Waals surface area contributed by atoms with Gasteiger partial charge >= 0.3 is 0 Å². The van der Waals surface area contributed by atoms with Gasteiger partial charge in [-0.15, -0.1) is 0 Å². The minimum atomic E-state index is 0.633. The second kappa shape index (κ2) is 15.8. The lowest BCUT2D eigenvalue weighted by Crippen LogP contribution is -2.26. The molecule has 1 N–H and O–H groups in total. The number of nitrogens with one attached hydrogen (secondary N) is 1. The lowest BCUT2D eigenvalue weighted by molar-refractivity contribution is 0.226. The third kappa shape index (κ3) is 7.11. The van der Waals surface area contributed by atoms with E-state index >= 15 is 0 Å². The van der Waals surface area contributed by atoms with Crippen molar-refractivity contribution in [3.05, 3.63) is 138 Å². The zero-order chi connectivity index (χ0) is 38.9. The Morgan fingerprint density at radius 1 is 0.421 bits per heavy atom. The largest absolute Gasteiger partial charge is 0.327 e. The molecule has 12 nitrogen and oxygen atoms in total. The molecule has 0 bridgehead atoms. The topological polar surface area (TPSA) is 106 Å². The summed E-state index contributed by atoms with van der Waals surface area (Å²) in [5.41, 5.74) is 10.7. The summed E-state index contributed by atoms with van der Waals surface area (Å²) in [6.45, 7) is 16.1. The Balaban J connectivity index is 1.03. The first-order valence-corrected chi connectivity index (χ1v) is 20.3. The summed E-state index contributed by atoms with van der Waals surface area (Å²) in [6.07, 6.45) is 0. The summed E-state index contributed by atoms with van der Waals surface area (Å²) in [5.74, 6) is 4.16. The monoisotopic (exact) mass is 758 g/mol. The number of H-pyrrole nitrogens is 1. The van der Waals surface area contributed by atoms with Crippen LogP contribution in [0.2, 0.25) is 0 Å². The number of rotatable bonds is 16. The van der Waals surface area contributed by atoms with E-state index in [2.05, 4.69) is 164 Å². The van der Waals surface area contributed by atoms with E-state index < -0.39 is 0 Å². The zero-order valence-electron chi connectivity index (χ0n) is 33.3. The van der Waals surface area contributed by atoms with Crippen molar-refractivity contribution in [2.75, 3.05) is 0 Å². The van der Waals surface area contributed by atoms with Crippen molar-refractivity contribution >= 4 is 44.1 Å². The molecule has 9 aromatic rings. The third-order valence-electron chi connectivity index (χ3n) is 11.1. The number of aryl methyl sites for hydroxylation is 4. The molecule has 4 aromatic carbocycles. The molecule has 290 valence electrons. The third-order valence-corrected chi connectivity index (χ3v) is 11.1. The van der Waals surface area contributed by atoms with Gasteiger partial charge in [-0.1, -0.05) is 48.5 Å². The van der Waals surface area contributed by atoms with Crippen LogP contribution < -0.4 is 0 Å². The first-order chi connectivity index (χ1) is 28.0. The van der Waals surface area contributed by atoms with Gasteiger partial charge in [-0.25, -0.2) is 19.9 Å². The van der Waals surface area contributed by atoms with Crippen molar-refractivity contribution in [3.8, 4) is 0 Å². The maximum atomic E-state index is 5.12. The number of hydrogen-bond acceptors (Lipinski definition) is 7. The molecule has 0 aliphatic carbocycles. The molecule has 0 aliphatic rings. The lowest BCUT2D eigenvalue weighted by Gasteiger charge is -2.22. The summed E-state index contributed by atoms with van der Waals surface area (Å²) in [6, 6.07) is 35.9. The van der Waals surface area contributed by atoms with Crippen LogP contribution in [0.25, 0.3) is 44.1 Å². The van der Waals surface area contributed by atoms with Gasteiger partial charge in [-0.05, 0) is 82.3 Å². The van der Waals surface area contributed by atoms with Crippen molar-refractivity contribution in [3.63, 3.8) is 0 Å². The molecule has 0 unspecified atom stereocenters. The van der Waals surface area contributed by atoms with E-state index in [0.717, 1.165) is 105 Å². The molecule has 0 amide bonds. The number of hydrogen-bond donors (Lipinski definition) is 1. The second-order valence-corrected chi connectivity index (χ2v) is 14.7. The number of aromatic amines is 1. The molecule has 0 atom stereocenters. The minimum absolute atomic E-state index is 0.633. The zero-order valence-corrected chi connectivity index (χ0v) is 33.3. The van der Waals surface area contributed by atoms with Gasteiger partial charge in [0.25, 0.3) is 0 Å². The fraction of sp³-hybridized carbons (Fsp3) is 0.311. The van der Waals surface area contributed by atoms with Crippen LogP contribution in [-0.2, 0) is 65.4 Å². The van der Waals surface area contributed by atoms with Crippen molar-refractivity contribution in [1.29, 1.82) is 0 Å². The Morgan fingerprint density at radius 2 is 0.737 bits per heavy atom. The van der Waals surface area contributed by atoms with Crippen molar-refractivity contribution in [2.24, 2.45) is 0 Å². The maximum absolute atomic E-state index is 5.12. The summed E-state index contributed by atoms with van der Waals surface area (Å²) in [5, 5.41) is 8.35. The molecular formula is C45H50N12. The molecular weight excluding hydrogens is 709 g/mol. The van der Waals surface area contributed by atoms with Gasteiger partial charge in [0, 0.05) is 45.0 Å². The molecule has 0 fully saturated rings. The highest BCUT2D eigenvalue weighted by Crippen LogP contribution is 2.25. The molecule has 57 heavy (non-hydrogen) atoms. The van der Waals surface area contributed by atoms with Crippen LogP contribution in [-0.4, -0.2) is 58.2 Å². The van der Waals surface area contributed by atoms with Crippen molar-refractivity contribution < 1.29 is 0 Å². The van der Waals surface area contributed by atoms with E-state index in [1.807, 2.05) is 0 Å². The molecule has 9 rings (SSSR count). The number of para-hydroxylation sites is 8. The first-order valence-electron chi connectivity index (χ1n) is 20.3. The fourth-order valence-corrected chi connectivity index (χ4v) is 8.57. The average molecular weight is 759 g/mol. The number of imidazole rings is 4. The number of benzene rings is 4. The van der Waals surface area contributed by atoms with Crippen LogP contribution in [0, 0.1) is 0 Å². The Hall–Kier alpha value is -6.11. The first kappa shape index (κ1) is 36.5. The van der Waals surface area contributed by atoms with E-state index in [-0.39, 0.29) is 0 Å². The molecule has 0 spiro atoms. The van der Waals surface area contributed by atoms with E-state index in [9.17, 15) is 0 Å². The fourth-order valence-electron chi connectivity index (χ4n) is 8.57. The van der Waals surface area contributed by atoms with Crippen molar-refractivity contribution in [2.45, 2.75) is 93.1 Å². The summed E-state index contributed by atoms with van der Waals surface area (Å²) in [4.78, 5) is 25.3. The Bertz CT molecular complexity index is 2440. The quantitative estimate of drug-likeness (QED) is 0.106. The molecule has 0 aliphatic heterocycles. The Morgan fingerprint density at radius 3 is 1.07 bits per heavy atom. The lowest BCUT2D eigenvalue weighted by atomic mass is 10.3. The highest BCUT2D eigenvalue weighted by Gasteiger charge is 2.22. The molecule has 5 aromatic heterocycles. The van der Waals surface area contributed by atoms with Gasteiger partial charge in [0.1, 0.15) is 23.3 Å². The molecule has 5 heterocycles. The van der Waals surface area contributed by atoms with Gasteiger partial charge in [0.15, 0.2) is 0 Å². The Kier molecular flexibility index (Phi) is 10.1. The smallest absolute Gasteiger partial charge is 0.124 e. The van der Waals surface area contributed by atoms with Crippen LogP contribution in [0.3, 0.4) is 0 Å². The van der Waals surface area contributed by atoms with Crippen LogP contribution in [0.1, 0.15) is 62.4 Å². The number of aromatic nitrogens is 10. The van der Waals surface area contributed by atoms with Gasteiger partial charge in [-0.3, -0.25) is 14.9 Å². The molecule has 0 saturated carbocycles.